The lowest BCUT2D eigenvalue weighted by atomic mass is 9.90. The fourth-order valence-electron chi connectivity index (χ4n) is 5.10. The van der Waals surface area contributed by atoms with Crippen molar-refractivity contribution in [1.29, 1.82) is 0 Å². The molecule has 0 aromatic heterocycles. The molecule has 4 rings (SSSR count). The number of benzene rings is 1. The number of likely N-dealkylation sites (tertiary alicyclic amines) is 1. The van der Waals surface area contributed by atoms with E-state index in [4.69, 9.17) is 0 Å². The number of piperazine rings is 1. The molecule has 1 aromatic carbocycles. The third-order valence-corrected chi connectivity index (χ3v) is 6.93. The minimum Gasteiger partial charge on any atom is -0.341 e. The average Bonchev–Trinajstić information content (AvgIpc) is 3.22. The van der Waals surface area contributed by atoms with Gasteiger partial charge < -0.3 is 14.7 Å². The first kappa shape index (κ1) is 22.8. The summed E-state index contributed by atoms with van der Waals surface area (Å²) >= 11 is 0. The summed E-state index contributed by atoms with van der Waals surface area (Å²) in [5.74, 6) is 0.320. The summed E-state index contributed by atoms with van der Waals surface area (Å²) in [6.07, 6.45) is 2.64. The predicted molar refractivity (Wildman–Crippen MR) is 124 cm³/mol. The van der Waals surface area contributed by atoms with Crippen LogP contribution in [0.1, 0.15) is 39.2 Å². The summed E-state index contributed by atoms with van der Waals surface area (Å²) in [5.41, 5.74) is 1.86. The molecule has 0 aliphatic carbocycles. The molecule has 0 bridgehead atoms. The minimum absolute atomic E-state index is 0.107. The molecule has 3 heterocycles. The number of carbonyl (C=O) groups is 3. The Morgan fingerprint density at radius 1 is 0.938 bits per heavy atom. The van der Waals surface area contributed by atoms with Crippen LogP contribution >= 0.6 is 0 Å². The van der Waals surface area contributed by atoms with E-state index in [2.05, 4.69) is 11.0 Å². The van der Waals surface area contributed by atoms with Gasteiger partial charge in [0.25, 0.3) is 0 Å². The molecule has 3 aliphatic rings. The first-order chi connectivity index (χ1) is 15.2. The molecule has 0 radical (unpaired) electrons. The summed E-state index contributed by atoms with van der Waals surface area (Å²) in [6, 6.07) is 8.12. The second-order valence-electron chi connectivity index (χ2n) is 10.4. The van der Waals surface area contributed by atoms with Crippen LogP contribution in [0.25, 0.3) is 0 Å². The largest absolute Gasteiger partial charge is 0.341 e. The zero-order valence-electron chi connectivity index (χ0n) is 19.7. The van der Waals surface area contributed by atoms with Gasteiger partial charge in [0.1, 0.15) is 0 Å². The lowest BCUT2D eigenvalue weighted by Gasteiger charge is -2.40. The first-order valence-corrected chi connectivity index (χ1v) is 11.9. The summed E-state index contributed by atoms with van der Waals surface area (Å²) in [6.45, 7) is 10.9. The van der Waals surface area contributed by atoms with E-state index >= 15 is 0 Å². The molecule has 32 heavy (non-hydrogen) atoms. The second-order valence-corrected chi connectivity index (χ2v) is 10.4. The van der Waals surface area contributed by atoms with E-state index in [1.165, 1.54) is 5.56 Å². The highest BCUT2D eigenvalue weighted by Crippen LogP contribution is 2.28. The van der Waals surface area contributed by atoms with Gasteiger partial charge in [-0.1, -0.05) is 39.0 Å². The number of anilines is 1. The SMILES string of the molecule is CC(C)(C)C(=O)N1CCCC(C(=O)N2CCN(CC(=O)N3CCc4ccccc43)CC2)C1. The quantitative estimate of drug-likeness (QED) is 0.721. The highest BCUT2D eigenvalue weighted by Gasteiger charge is 2.36. The fraction of sp³-hybridized carbons (Fsp3) is 0.640. The van der Waals surface area contributed by atoms with E-state index in [1.807, 2.05) is 53.7 Å². The van der Waals surface area contributed by atoms with Gasteiger partial charge in [0.05, 0.1) is 12.5 Å². The summed E-state index contributed by atoms with van der Waals surface area (Å²) in [4.78, 5) is 46.5. The molecule has 174 valence electrons. The molecule has 1 aromatic rings. The van der Waals surface area contributed by atoms with Crippen LogP contribution in [-0.4, -0.2) is 84.8 Å². The van der Waals surface area contributed by atoms with Crippen LogP contribution in [0.4, 0.5) is 5.69 Å². The Labute approximate surface area is 191 Å². The van der Waals surface area contributed by atoms with Crippen LogP contribution in [0, 0.1) is 11.3 Å². The lowest BCUT2D eigenvalue weighted by molar-refractivity contribution is -0.146. The number of rotatable bonds is 3. The van der Waals surface area contributed by atoms with Crippen molar-refractivity contribution in [3.63, 3.8) is 0 Å². The van der Waals surface area contributed by atoms with E-state index in [9.17, 15) is 14.4 Å². The topological polar surface area (TPSA) is 64.2 Å². The summed E-state index contributed by atoms with van der Waals surface area (Å²) < 4.78 is 0. The van der Waals surface area contributed by atoms with E-state index < -0.39 is 5.41 Å². The number of piperidine rings is 1. The van der Waals surface area contributed by atoms with Crippen molar-refractivity contribution in [3.05, 3.63) is 29.8 Å². The molecule has 1 atom stereocenters. The lowest BCUT2D eigenvalue weighted by Crippen LogP contribution is -2.55. The smallest absolute Gasteiger partial charge is 0.241 e. The maximum atomic E-state index is 13.1. The Morgan fingerprint density at radius 3 is 2.38 bits per heavy atom. The minimum atomic E-state index is -0.418. The van der Waals surface area contributed by atoms with Gasteiger partial charge in [-0.25, -0.2) is 0 Å². The monoisotopic (exact) mass is 440 g/mol. The Balaban J connectivity index is 1.27. The van der Waals surface area contributed by atoms with Crippen molar-refractivity contribution in [2.75, 3.05) is 57.3 Å². The predicted octanol–water partition coefficient (Wildman–Crippen LogP) is 2.00. The van der Waals surface area contributed by atoms with Crippen molar-refractivity contribution in [2.45, 2.75) is 40.0 Å². The molecule has 0 spiro atoms. The molecular formula is C25H36N4O3. The van der Waals surface area contributed by atoms with Gasteiger partial charge in [0.15, 0.2) is 0 Å². The van der Waals surface area contributed by atoms with Crippen LogP contribution in [0.3, 0.4) is 0 Å². The van der Waals surface area contributed by atoms with Gasteiger partial charge in [-0.3, -0.25) is 19.3 Å². The van der Waals surface area contributed by atoms with E-state index in [0.29, 0.717) is 39.3 Å². The summed E-state index contributed by atoms with van der Waals surface area (Å²) in [5, 5.41) is 0. The van der Waals surface area contributed by atoms with Gasteiger partial charge in [0, 0.05) is 56.9 Å². The Morgan fingerprint density at radius 2 is 1.66 bits per heavy atom. The summed E-state index contributed by atoms with van der Waals surface area (Å²) in [7, 11) is 0. The second kappa shape index (κ2) is 9.22. The van der Waals surface area contributed by atoms with E-state index in [1.54, 1.807) is 0 Å². The molecule has 3 aliphatic heterocycles. The van der Waals surface area contributed by atoms with Gasteiger partial charge in [-0.2, -0.15) is 0 Å². The average molecular weight is 441 g/mol. The number of hydrogen-bond acceptors (Lipinski definition) is 4. The van der Waals surface area contributed by atoms with Crippen LogP contribution in [0.5, 0.6) is 0 Å². The number of carbonyl (C=O) groups excluding carboxylic acids is 3. The maximum Gasteiger partial charge on any atom is 0.241 e. The molecule has 2 fully saturated rings. The highest BCUT2D eigenvalue weighted by molar-refractivity contribution is 5.96. The van der Waals surface area contributed by atoms with Crippen LogP contribution in [-0.2, 0) is 20.8 Å². The van der Waals surface area contributed by atoms with Crippen LogP contribution in [0.15, 0.2) is 24.3 Å². The van der Waals surface area contributed by atoms with Crippen molar-refractivity contribution in [1.82, 2.24) is 14.7 Å². The highest BCUT2D eigenvalue weighted by atomic mass is 16.2. The number of fused-ring (bicyclic) bond motifs is 1. The van der Waals surface area contributed by atoms with Crippen LogP contribution < -0.4 is 4.90 Å². The standard InChI is InChI=1S/C25H36N4O3/c1-25(2,3)24(32)28-11-6-8-20(17-28)23(31)27-15-13-26(14-16-27)18-22(30)29-12-10-19-7-4-5-9-21(19)29/h4-5,7,9,20H,6,8,10-18H2,1-3H3. The zero-order valence-corrected chi connectivity index (χ0v) is 19.7. The first-order valence-electron chi connectivity index (χ1n) is 11.9. The van der Waals surface area contributed by atoms with Crippen molar-refractivity contribution in [3.8, 4) is 0 Å². The maximum absolute atomic E-state index is 13.1. The van der Waals surface area contributed by atoms with Crippen LogP contribution in [0.2, 0.25) is 0 Å². The fourth-order valence-corrected chi connectivity index (χ4v) is 5.10. The van der Waals surface area contributed by atoms with E-state index in [-0.39, 0.29) is 23.6 Å². The molecule has 7 heteroatoms. The Bertz CT molecular complexity index is 870. The molecule has 0 saturated carbocycles. The number of nitrogens with zero attached hydrogens (tertiary/aromatic N) is 4. The van der Waals surface area contributed by atoms with Crippen molar-refractivity contribution in [2.24, 2.45) is 11.3 Å². The van der Waals surface area contributed by atoms with Crippen molar-refractivity contribution < 1.29 is 14.4 Å². The Kier molecular flexibility index (Phi) is 6.56. The molecule has 2 saturated heterocycles. The molecule has 3 amide bonds. The van der Waals surface area contributed by atoms with Gasteiger partial charge in [0.2, 0.25) is 17.7 Å². The molecule has 1 unspecified atom stereocenters. The van der Waals surface area contributed by atoms with Gasteiger partial charge in [-0.05, 0) is 30.9 Å². The molecular weight excluding hydrogens is 404 g/mol. The molecule has 0 N–H and O–H groups in total. The Hall–Kier alpha value is -2.41. The number of para-hydroxylation sites is 1. The number of amides is 3. The zero-order chi connectivity index (χ0) is 22.9. The molecule has 7 nitrogen and oxygen atoms in total. The number of hydrogen-bond donors (Lipinski definition) is 0. The van der Waals surface area contributed by atoms with Gasteiger partial charge in [-0.15, -0.1) is 0 Å². The normalized spacial score (nSPS) is 22.1. The van der Waals surface area contributed by atoms with Gasteiger partial charge >= 0.3 is 0 Å². The van der Waals surface area contributed by atoms with E-state index in [0.717, 1.165) is 38.0 Å². The van der Waals surface area contributed by atoms with Crippen molar-refractivity contribution >= 4 is 23.4 Å². The third kappa shape index (κ3) is 4.82. The third-order valence-electron chi connectivity index (χ3n) is 6.93.